The average molecular weight is 314 g/mol. The first-order valence-electron chi connectivity index (χ1n) is 8.03. The van der Waals surface area contributed by atoms with Gasteiger partial charge >= 0.3 is 0 Å². The average Bonchev–Trinajstić information content (AvgIpc) is 3.38. The van der Waals surface area contributed by atoms with Crippen molar-refractivity contribution in [3.8, 4) is 0 Å². The number of amides is 1. The lowest BCUT2D eigenvalue weighted by molar-refractivity contribution is -0.134. The zero-order valence-corrected chi connectivity index (χ0v) is 12.5. The van der Waals surface area contributed by atoms with Crippen molar-refractivity contribution in [1.82, 2.24) is 9.88 Å². The number of nitrogens with zero attached hydrogens (tertiary/aromatic N) is 1. The van der Waals surface area contributed by atoms with Gasteiger partial charge in [0.25, 0.3) is 0 Å². The second-order valence-electron chi connectivity index (χ2n) is 7.01. The normalized spacial score (nSPS) is 28.5. The second kappa shape index (κ2) is 4.22. The van der Waals surface area contributed by atoms with E-state index in [1.807, 2.05) is 11.0 Å². The van der Waals surface area contributed by atoms with E-state index >= 15 is 0 Å². The van der Waals surface area contributed by atoms with Crippen molar-refractivity contribution in [2.24, 2.45) is 11.3 Å². The number of carbonyl (C=O) groups excluding carboxylic acids is 1. The molecule has 1 amide bonds. The molecule has 1 aromatic carbocycles. The number of fused-ring (bicyclic) bond motifs is 2. The standard InChI is InChI=1S/C18H16F2N2O/c19-14-5-12-13(9-21-16(12)6-15(14)20)10-1-3-22(4-2-10)17(23)18-7-11(18)8-18/h1,5-6,9,11,21H,2-4,7-8H2. The number of hydrogen-bond donors (Lipinski definition) is 1. The highest BCUT2D eigenvalue weighted by atomic mass is 19.2. The van der Waals surface area contributed by atoms with Crippen LogP contribution in [0.1, 0.15) is 24.8 Å². The fourth-order valence-electron chi connectivity index (χ4n) is 3.85. The lowest BCUT2D eigenvalue weighted by Gasteiger charge is -2.27. The molecule has 1 aliphatic heterocycles. The van der Waals surface area contributed by atoms with Gasteiger partial charge in [0.2, 0.25) is 5.91 Å². The Hall–Kier alpha value is -2.17. The number of benzene rings is 1. The van der Waals surface area contributed by atoms with Crippen molar-refractivity contribution in [2.75, 3.05) is 13.1 Å². The van der Waals surface area contributed by atoms with Crippen LogP contribution >= 0.6 is 0 Å². The van der Waals surface area contributed by atoms with Gasteiger partial charge in [0.05, 0.1) is 5.41 Å². The van der Waals surface area contributed by atoms with Crippen molar-refractivity contribution in [3.05, 3.63) is 41.6 Å². The zero-order valence-electron chi connectivity index (χ0n) is 12.5. The van der Waals surface area contributed by atoms with Crippen LogP contribution in [-0.4, -0.2) is 28.9 Å². The summed E-state index contributed by atoms with van der Waals surface area (Å²) in [5.41, 5.74) is 2.61. The predicted molar refractivity (Wildman–Crippen MR) is 82.5 cm³/mol. The molecule has 3 aliphatic rings. The van der Waals surface area contributed by atoms with Gasteiger partial charge < -0.3 is 9.88 Å². The summed E-state index contributed by atoms with van der Waals surface area (Å²) in [7, 11) is 0. The van der Waals surface area contributed by atoms with Gasteiger partial charge in [-0.15, -0.1) is 0 Å². The third-order valence-electron chi connectivity index (χ3n) is 5.67. The summed E-state index contributed by atoms with van der Waals surface area (Å²) in [4.78, 5) is 17.3. The third kappa shape index (κ3) is 1.82. The fraction of sp³-hybridized carbons (Fsp3) is 0.389. The monoisotopic (exact) mass is 314 g/mol. The molecule has 5 rings (SSSR count). The highest BCUT2D eigenvalue weighted by Gasteiger charge is 2.75. The van der Waals surface area contributed by atoms with Gasteiger partial charge in [-0.3, -0.25) is 4.79 Å². The summed E-state index contributed by atoms with van der Waals surface area (Å²) < 4.78 is 26.8. The summed E-state index contributed by atoms with van der Waals surface area (Å²) >= 11 is 0. The van der Waals surface area contributed by atoms with E-state index in [2.05, 4.69) is 4.98 Å². The molecule has 0 spiro atoms. The molecule has 0 radical (unpaired) electrons. The molecule has 3 nitrogen and oxygen atoms in total. The second-order valence-corrected chi connectivity index (χ2v) is 7.01. The highest BCUT2D eigenvalue weighted by molar-refractivity contribution is 5.94. The summed E-state index contributed by atoms with van der Waals surface area (Å²) in [5.74, 6) is -0.709. The Kier molecular flexibility index (Phi) is 2.44. The van der Waals surface area contributed by atoms with E-state index in [4.69, 9.17) is 0 Å². The molecule has 0 saturated heterocycles. The number of nitrogens with one attached hydrogen (secondary N) is 1. The minimum Gasteiger partial charge on any atom is -0.360 e. The maximum absolute atomic E-state index is 13.5. The van der Waals surface area contributed by atoms with Crippen molar-refractivity contribution in [1.29, 1.82) is 0 Å². The van der Waals surface area contributed by atoms with E-state index in [-0.39, 0.29) is 5.41 Å². The van der Waals surface area contributed by atoms with Gasteiger partial charge in [-0.2, -0.15) is 0 Å². The Morgan fingerprint density at radius 3 is 2.65 bits per heavy atom. The van der Waals surface area contributed by atoms with Crippen molar-refractivity contribution in [2.45, 2.75) is 19.3 Å². The van der Waals surface area contributed by atoms with Crippen LogP contribution in [0.25, 0.3) is 16.5 Å². The smallest absolute Gasteiger partial charge is 0.229 e. The third-order valence-corrected chi connectivity index (χ3v) is 5.67. The van der Waals surface area contributed by atoms with Crippen molar-refractivity contribution >= 4 is 22.4 Å². The summed E-state index contributed by atoms with van der Waals surface area (Å²) in [5, 5.41) is 0.693. The topological polar surface area (TPSA) is 36.1 Å². The van der Waals surface area contributed by atoms with Crippen LogP contribution in [0.15, 0.2) is 24.4 Å². The molecule has 23 heavy (non-hydrogen) atoms. The lowest BCUT2D eigenvalue weighted by atomic mass is 9.98. The van der Waals surface area contributed by atoms with E-state index in [0.717, 1.165) is 30.4 Å². The van der Waals surface area contributed by atoms with E-state index in [9.17, 15) is 13.6 Å². The number of aromatic nitrogens is 1. The number of hydrogen-bond acceptors (Lipinski definition) is 1. The molecule has 1 N–H and O–H groups in total. The van der Waals surface area contributed by atoms with Gasteiger partial charge in [0, 0.05) is 41.8 Å². The number of aromatic amines is 1. The SMILES string of the molecule is O=C(N1CC=C(c2c[nH]c3cc(F)c(F)cc23)CC1)C12CC1C2. The van der Waals surface area contributed by atoms with E-state index in [1.165, 1.54) is 12.1 Å². The van der Waals surface area contributed by atoms with Crippen LogP contribution in [0.5, 0.6) is 0 Å². The maximum atomic E-state index is 13.5. The van der Waals surface area contributed by atoms with Gasteiger partial charge in [0.1, 0.15) is 0 Å². The largest absolute Gasteiger partial charge is 0.360 e. The molecule has 2 heterocycles. The molecular weight excluding hydrogens is 298 g/mol. The minimum atomic E-state index is -0.844. The van der Waals surface area contributed by atoms with Crippen molar-refractivity contribution < 1.29 is 13.6 Å². The number of rotatable bonds is 2. The van der Waals surface area contributed by atoms with Crippen LogP contribution in [0.4, 0.5) is 8.78 Å². The van der Waals surface area contributed by atoms with E-state index in [0.29, 0.717) is 35.8 Å². The Morgan fingerprint density at radius 1 is 1.26 bits per heavy atom. The molecule has 2 aromatic rings. The quantitative estimate of drug-likeness (QED) is 0.905. The van der Waals surface area contributed by atoms with Gasteiger partial charge in [-0.1, -0.05) is 6.08 Å². The molecule has 5 heteroatoms. The Bertz CT molecular complexity index is 877. The van der Waals surface area contributed by atoms with Crippen LogP contribution in [0.3, 0.4) is 0 Å². The van der Waals surface area contributed by atoms with E-state index in [1.54, 1.807) is 6.20 Å². The number of carbonyl (C=O) groups is 1. The summed E-state index contributed by atoms with van der Waals surface area (Å²) in [6.07, 6.45) is 6.74. The van der Waals surface area contributed by atoms with Gasteiger partial charge in [-0.05, 0) is 36.8 Å². The number of H-pyrrole nitrogens is 1. The molecule has 2 saturated carbocycles. The van der Waals surface area contributed by atoms with Crippen molar-refractivity contribution in [3.63, 3.8) is 0 Å². The lowest BCUT2D eigenvalue weighted by Crippen LogP contribution is -2.37. The molecule has 2 fully saturated rings. The van der Waals surface area contributed by atoms with Gasteiger partial charge in [-0.25, -0.2) is 8.78 Å². The minimum absolute atomic E-state index is 0.0206. The maximum Gasteiger partial charge on any atom is 0.229 e. The fourth-order valence-corrected chi connectivity index (χ4v) is 3.85. The van der Waals surface area contributed by atoms with Crippen LogP contribution in [0.2, 0.25) is 0 Å². The Balaban J connectivity index is 1.43. The molecule has 0 unspecified atom stereocenters. The van der Waals surface area contributed by atoms with Crippen LogP contribution < -0.4 is 0 Å². The number of halogens is 2. The summed E-state index contributed by atoms with van der Waals surface area (Å²) in [6.45, 7) is 1.31. The van der Waals surface area contributed by atoms with Crippen LogP contribution in [-0.2, 0) is 4.79 Å². The Morgan fingerprint density at radius 2 is 2.00 bits per heavy atom. The van der Waals surface area contributed by atoms with Crippen LogP contribution in [0, 0.1) is 23.0 Å². The van der Waals surface area contributed by atoms with E-state index < -0.39 is 11.6 Å². The Labute approximate surface area is 132 Å². The molecule has 0 bridgehead atoms. The first kappa shape index (κ1) is 13.3. The molecule has 2 aliphatic carbocycles. The molecular formula is C18H16F2N2O. The molecule has 1 aromatic heterocycles. The summed E-state index contributed by atoms with van der Waals surface area (Å²) in [6, 6.07) is 2.43. The predicted octanol–water partition coefficient (Wildman–Crippen LogP) is 3.47. The zero-order chi connectivity index (χ0) is 15.8. The first-order chi connectivity index (χ1) is 11.1. The molecule has 118 valence electrons. The first-order valence-corrected chi connectivity index (χ1v) is 8.03. The van der Waals surface area contributed by atoms with Gasteiger partial charge in [0.15, 0.2) is 11.6 Å². The molecule has 0 atom stereocenters. The highest BCUT2D eigenvalue weighted by Crippen LogP contribution is 2.76.